The van der Waals surface area contributed by atoms with E-state index in [1.807, 2.05) is 24.3 Å². The van der Waals surface area contributed by atoms with E-state index in [0.717, 1.165) is 11.1 Å². The van der Waals surface area contributed by atoms with Gasteiger partial charge in [-0.2, -0.15) is 0 Å². The van der Waals surface area contributed by atoms with Gasteiger partial charge in [0.25, 0.3) is 0 Å². The predicted octanol–water partition coefficient (Wildman–Crippen LogP) is 2.73. The molecule has 0 bridgehead atoms. The van der Waals surface area contributed by atoms with Crippen LogP contribution in [0.3, 0.4) is 0 Å². The van der Waals surface area contributed by atoms with Crippen molar-refractivity contribution < 1.29 is 28.5 Å². The molecule has 0 radical (unpaired) electrons. The molecule has 0 N–H and O–H groups in total. The van der Waals surface area contributed by atoms with E-state index in [0.29, 0.717) is 24.7 Å². The highest BCUT2D eigenvalue weighted by Crippen LogP contribution is 2.35. The summed E-state index contributed by atoms with van der Waals surface area (Å²) in [5.41, 5.74) is 2.14. The Balaban J connectivity index is 2.04. The van der Waals surface area contributed by atoms with Gasteiger partial charge in [0.15, 0.2) is 11.5 Å². The number of benzene rings is 2. The Hall–Kier alpha value is -3.02. The molecule has 0 amide bonds. The van der Waals surface area contributed by atoms with Gasteiger partial charge in [-0.15, -0.1) is 0 Å². The molecule has 0 unspecified atom stereocenters. The maximum absolute atomic E-state index is 12.0. The van der Waals surface area contributed by atoms with Crippen LogP contribution >= 0.6 is 0 Å². The molecule has 6 heteroatoms. The van der Waals surface area contributed by atoms with Crippen LogP contribution in [0.4, 0.5) is 0 Å². The van der Waals surface area contributed by atoms with Crippen molar-refractivity contribution >= 4 is 11.9 Å². The number of carbonyl (C=O) groups is 2. The molecule has 0 aliphatic carbocycles. The van der Waals surface area contributed by atoms with Crippen molar-refractivity contribution in [2.75, 3.05) is 14.2 Å². The SMILES string of the molecule is COC(=O)c1cc2c(cc1C(=O)OC)OCc1ccccc1CO2. The second-order valence-corrected chi connectivity index (χ2v) is 5.17. The number of methoxy groups -OCH3 is 2. The minimum Gasteiger partial charge on any atom is -0.485 e. The molecule has 0 atom stereocenters. The number of fused-ring (bicyclic) bond motifs is 2. The van der Waals surface area contributed by atoms with E-state index in [1.54, 1.807) is 0 Å². The van der Waals surface area contributed by atoms with E-state index < -0.39 is 11.9 Å². The van der Waals surface area contributed by atoms with Gasteiger partial charge < -0.3 is 18.9 Å². The van der Waals surface area contributed by atoms with E-state index in [9.17, 15) is 9.59 Å². The van der Waals surface area contributed by atoms with Gasteiger partial charge in [-0.25, -0.2) is 9.59 Å². The lowest BCUT2D eigenvalue weighted by atomic mass is 10.1. The third kappa shape index (κ3) is 2.90. The lowest BCUT2D eigenvalue weighted by Crippen LogP contribution is -2.14. The van der Waals surface area contributed by atoms with Crippen molar-refractivity contribution in [3.8, 4) is 11.5 Å². The molecule has 2 aromatic rings. The van der Waals surface area contributed by atoms with Crippen LogP contribution in [-0.4, -0.2) is 26.2 Å². The molecule has 24 heavy (non-hydrogen) atoms. The topological polar surface area (TPSA) is 71.1 Å². The first-order valence-corrected chi connectivity index (χ1v) is 7.31. The van der Waals surface area contributed by atoms with Gasteiger partial charge in [0.1, 0.15) is 13.2 Å². The summed E-state index contributed by atoms with van der Waals surface area (Å²) in [6, 6.07) is 10.6. The fourth-order valence-corrected chi connectivity index (χ4v) is 2.49. The first-order chi connectivity index (χ1) is 11.6. The van der Waals surface area contributed by atoms with E-state index in [1.165, 1.54) is 26.4 Å². The number of carbonyl (C=O) groups excluding carboxylic acids is 2. The Bertz CT molecular complexity index is 730. The highest BCUT2D eigenvalue weighted by atomic mass is 16.5. The number of ether oxygens (including phenoxy) is 4. The predicted molar refractivity (Wildman–Crippen MR) is 84.2 cm³/mol. The summed E-state index contributed by atoms with van der Waals surface area (Å²) in [7, 11) is 2.49. The lowest BCUT2D eigenvalue weighted by molar-refractivity contribution is 0.0554. The van der Waals surface area contributed by atoms with Crippen LogP contribution < -0.4 is 9.47 Å². The van der Waals surface area contributed by atoms with E-state index in [4.69, 9.17) is 18.9 Å². The first kappa shape index (κ1) is 15.9. The summed E-state index contributed by atoms with van der Waals surface area (Å²) in [5.74, 6) is -0.552. The average molecular weight is 328 g/mol. The van der Waals surface area contributed by atoms with Crippen LogP contribution in [0.15, 0.2) is 36.4 Å². The molecule has 1 aliphatic heterocycles. The number of rotatable bonds is 2. The number of hydrogen-bond donors (Lipinski definition) is 0. The summed E-state index contributed by atoms with van der Waals surface area (Å²) in [5, 5.41) is 0. The zero-order valence-electron chi connectivity index (χ0n) is 13.3. The van der Waals surface area contributed by atoms with E-state index >= 15 is 0 Å². The molecule has 1 aliphatic rings. The normalized spacial score (nSPS) is 12.4. The number of hydrogen-bond acceptors (Lipinski definition) is 6. The van der Waals surface area contributed by atoms with Crippen molar-refractivity contribution in [3.05, 3.63) is 58.7 Å². The molecule has 0 spiro atoms. The van der Waals surface area contributed by atoms with Crippen molar-refractivity contribution in [3.63, 3.8) is 0 Å². The zero-order chi connectivity index (χ0) is 17.1. The van der Waals surface area contributed by atoms with Crippen molar-refractivity contribution in [2.24, 2.45) is 0 Å². The molecule has 0 saturated heterocycles. The van der Waals surface area contributed by atoms with Gasteiger partial charge in [0, 0.05) is 0 Å². The monoisotopic (exact) mass is 328 g/mol. The highest BCUT2D eigenvalue weighted by Gasteiger charge is 2.24. The largest absolute Gasteiger partial charge is 0.485 e. The zero-order valence-corrected chi connectivity index (χ0v) is 13.3. The van der Waals surface area contributed by atoms with Gasteiger partial charge in [0.05, 0.1) is 25.3 Å². The Morgan fingerprint density at radius 3 is 1.62 bits per heavy atom. The molecule has 0 saturated carbocycles. The molecule has 0 aromatic heterocycles. The standard InChI is InChI=1S/C18H16O6/c1-21-17(19)13-7-15-16(8-14(13)18(20)22-2)24-10-12-6-4-3-5-11(12)9-23-15/h3-8H,9-10H2,1-2H3. The van der Waals surface area contributed by atoms with Gasteiger partial charge in [-0.3, -0.25) is 0 Å². The van der Waals surface area contributed by atoms with Crippen LogP contribution in [0.5, 0.6) is 11.5 Å². The van der Waals surface area contributed by atoms with E-state index in [-0.39, 0.29) is 11.1 Å². The van der Waals surface area contributed by atoms with Crippen LogP contribution in [0.2, 0.25) is 0 Å². The second kappa shape index (κ2) is 6.62. The third-order valence-electron chi connectivity index (χ3n) is 3.78. The average Bonchev–Trinajstić information content (AvgIpc) is 2.61. The minimum atomic E-state index is -0.649. The fraction of sp³-hybridized carbons (Fsp3) is 0.222. The molecular weight excluding hydrogens is 312 g/mol. The summed E-state index contributed by atoms with van der Waals surface area (Å²) < 4.78 is 21.0. The first-order valence-electron chi connectivity index (χ1n) is 7.31. The quantitative estimate of drug-likeness (QED) is 0.790. The minimum absolute atomic E-state index is 0.0700. The van der Waals surface area contributed by atoms with Gasteiger partial charge in [-0.1, -0.05) is 24.3 Å². The Labute approximate surface area is 138 Å². The number of esters is 2. The second-order valence-electron chi connectivity index (χ2n) is 5.17. The summed E-state index contributed by atoms with van der Waals surface area (Å²) in [6.07, 6.45) is 0. The van der Waals surface area contributed by atoms with Crippen LogP contribution in [0.1, 0.15) is 31.8 Å². The molecule has 3 rings (SSSR count). The van der Waals surface area contributed by atoms with Gasteiger partial charge in [0.2, 0.25) is 0 Å². The molecular formula is C18H16O6. The van der Waals surface area contributed by atoms with Gasteiger partial charge in [-0.05, 0) is 23.3 Å². The molecule has 1 heterocycles. The highest BCUT2D eigenvalue weighted by molar-refractivity contribution is 6.04. The third-order valence-corrected chi connectivity index (χ3v) is 3.78. The Morgan fingerprint density at radius 2 is 1.25 bits per heavy atom. The summed E-state index contributed by atoms with van der Waals surface area (Å²) >= 11 is 0. The van der Waals surface area contributed by atoms with Crippen molar-refractivity contribution in [1.82, 2.24) is 0 Å². The van der Waals surface area contributed by atoms with Crippen molar-refractivity contribution in [1.29, 1.82) is 0 Å². The Kier molecular flexibility index (Phi) is 4.37. The smallest absolute Gasteiger partial charge is 0.338 e. The van der Waals surface area contributed by atoms with Crippen LogP contribution in [0, 0.1) is 0 Å². The molecule has 124 valence electrons. The molecule has 6 nitrogen and oxygen atoms in total. The van der Waals surface area contributed by atoms with Gasteiger partial charge >= 0.3 is 11.9 Å². The molecule has 2 aromatic carbocycles. The fourth-order valence-electron chi connectivity index (χ4n) is 2.49. The lowest BCUT2D eigenvalue weighted by Gasteiger charge is -2.20. The van der Waals surface area contributed by atoms with Crippen LogP contribution in [-0.2, 0) is 22.7 Å². The Morgan fingerprint density at radius 1 is 0.833 bits per heavy atom. The maximum Gasteiger partial charge on any atom is 0.338 e. The molecule has 0 fully saturated rings. The summed E-state index contributed by atoms with van der Waals surface area (Å²) in [6.45, 7) is 0.676. The van der Waals surface area contributed by atoms with Crippen LogP contribution in [0.25, 0.3) is 0 Å². The maximum atomic E-state index is 12.0. The van der Waals surface area contributed by atoms with Crippen molar-refractivity contribution in [2.45, 2.75) is 13.2 Å². The van der Waals surface area contributed by atoms with E-state index in [2.05, 4.69) is 0 Å². The summed E-state index contributed by atoms with van der Waals surface area (Å²) in [4.78, 5) is 23.9.